The second-order valence-corrected chi connectivity index (χ2v) is 4.47. The molecule has 0 unspecified atom stereocenters. The minimum absolute atomic E-state index is 0.0157. The van der Waals surface area contributed by atoms with Crippen LogP contribution in [0.5, 0.6) is 11.5 Å². The first kappa shape index (κ1) is 13.9. The maximum atomic E-state index is 11.0. The average Bonchev–Trinajstić information content (AvgIpc) is 2.76. The molecule has 0 spiro atoms. The van der Waals surface area contributed by atoms with Crippen molar-refractivity contribution < 1.29 is 23.9 Å². The molecule has 1 N–H and O–H groups in total. The zero-order valence-electron chi connectivity index (χ0n) is 11.1. The molecule has 0 atom stereocenters. The standard InChI is InChI=1S/C13H17BO5/c1-3-6-17-13-11(18-7-9(2)15)5-4-10-8-19-14(16)12(10)13/h4-5,16H,3,6-8H2,1-2H3. The molecular weight excluding hydrogens is 247 g/mol. The van der Waals surface area contributed by atoms with Gasteiger partial charge in [-0.05, 0) is 25.0 Å². The van der Waals surface area contributed by atoms with Gasteiger partial charge in [-0.1, -0.05) is 13.0 Å². The van der Waals surface area contributed by atoms with Crippen LogP contribution in [0.1, 0.15) is 25.8 Å². The van der Waals surface area contributed by atoms with Crippen LogP contribution in [0, 0.1) is 0 Å². The molecule has 6 heteroatoms. The van der Waals surface area contributed by atoms with Crippen molar-refractivity contribution in [3.8, 4) is 11.5 Å². The predicted molar refractivity (Wildman–Crippen MR) is 70.8 cm³/mol. The smallest absolute Gasteiger partial charge is 0.490 e. The van der Waals surface area contributed by atoms with Crippen molar-refractivity contribution in [1.82, 2.24) is 0 Å². The summed E-state index contributed by atoms with van der Waals surface area (Å²) in [5, 5.41) is 9.84. The number of Topliss-reactive ketones (excluding diaryl/α,β-unsaturated/α-hetero) is 1. The van der Waals surface area contributed by atoms with Crippen molar-refractivity contribution >= 4 is 18.4 Å². The summed E-state index contributed by atoms with van der Waals surface area (Å²) in [6, 6.07) is 3.56. The van der Waals surface area contributed by atoms with Crippen LogP contribution in [0.25, 0.3) is 0 Å². The van der Waals surface area contributed by atoms with Crippen molar-refractivity contribution in [1.29, 1.82) is 0 Å². The zero-order valence-corrected chi connectivity index (χ0v) is 11.1. The third-order valence-corrected chi connectivity index (χ3v) is 2.78. The molecule has 0 saturated carbocycles. The molecule has 0 saturated heterocycles. The molecule has 0 aliphatic carbocycles. The van der Waals surface area contributed by atoms with E-state index in [9.17, 15) is 9.82 Å². The minimum atomic E-state index is -0.997. The Hall–Kier alpha value is -1.53. The number of rotatable bonds is 6. The molecule has 5 nitrogen and oxygen atoms in total. The van der Waals surface area contributed by atoms with Crippen LogP contribution in [0.3, 0.4) is 0 Å². The molecule has 0 radical (unpaired) electrons. The fraction of sp³-hybridized carbons (Fsp3) is 0.462. The lowest BCUT2D eigenvalue weighted by molar-refractivity contribution is -0.118. The molecule has 0 amide bonds. The number of carbonyl (C=O) groups excluding carboxylic acids is 1. The summed E-state index contributed by atoms with van der Waals surface area (Å²) in [4.78, 5) is 11.0. The van der Waals surface area contributed by atoms with Crippen molar-refractivity contribution in [2.75, 3.05) is 13.2 Å². The van der Waals surface area contributed by atoms with Crippen LogP contribution in [0.4, 0.5) is 0 Å². The normalized spacial score (nSPS) is 13.3. The van der Waals surface area contributed by atoms with E-state index in [1.807, 2.05) is 13.0 Å². The molecule has 1 aliphatic rings. The van der Waals surface area contributed by atoms with Gasteiger partial charge < -0.3 is 19.2 Å². The van der Waals surface area contributed by atoms with Crippen LogP contribution in [-0.4, -0.2) is 31.1 Å². The molecule has 0 aromatic heterocycles. The summed E-state index contributed by atoms with van der Waals surface area (Å²) in [6.07, 6.45) is 0.840. The fourth-order valence-electron chi connectivity index (χ4n) is 1.92. The van der Waals surface area contributed by atoms with E-state index >= 15 is 0 Å². The Kier molecular flexibility index (Phi) is 4.45. The van der Waals surface area contributed by atoms with Gasteiger partial charge in [0.2, 0.25) is 0 Å². The third kappa shape index (κ3) is 3.08. The van der Waals surface area contributed by atoms with E-state index in [0.29, 0.717) is 30.2 Å². The van der Waals surface area contributed by atoms with Gasteiger partial charge in [0.25, 0.3) is 0 Å². The Bertz CT molecular complexity index is 474. The number of hydrogen-bond donors (Lipinski definition) is 1. The summed E-state index contributed by atoms with van der Waals surface area (Å²) < 4.78 is 16.3. The first-order chi connectivity index (χ1) is 9.13. The highest BCUT2D eigenvalue weighted by Gasteiger charge is 2.33. The number of benzene rings is 1. The van der Waals surface area contributed by atoms with Crippen molar-refractivity contribution in [2.24, 2.45) is 0 Å². The van der Waals surface area contributed by atoms with Gasteiger partial charge in [-0.3, -0.25) is 4.79 Å². The number of ether oxygens (including phenoxy) is 2. The Labute approximate surface area is 112 Å². The van der Waals surface area contributed by atoms with Gasteiger partial charge in [0, 0.05) is 5.46 Å². The second kappa shape index (κ2) is 6.08. The highest BCUT2D eigenvalue weighted by atomic mass is 16.5. The number of ketones is 1. The monoisotopic (exact) mass is 264 g/mol. The zero-order chi connectivity index (χ0) is 13.8. The van der Waals surface area contributed by atoms with Gasteiger partial charge in [0.1, 0.15) is 6.61 Å². The van der Waals surface area contributed by atoms with E-state index in [-0.39, 0.29) is 12.4 Å². The van der Waals surface area contributed by atoms with Gasteiger partial charge in [-0.25, -0.2) is 0 Å². The summed E-state index contributed by atoms with van der Waals surface area (Å²) in [5.74, 6) is 0.872. The van der Waals surface area contributed by atoms with Gasteiger partial charge in [-0.15, -0.1) is 0 Å². The van der Waals surface area contributed by atoms with E-state index in [4.69, 9.17) is 14.1 Å². The van der Waals surface area contributed by atoms with E-state index < -0.39 is 7.12 Å². The first-order valence-electron chi connectivity index (χ1n) is 6.34. The maximum Gasteiger partial charge on any atom is 0.495 e. The molecule has 19 heavy (non-hydrogen) atoms. The predicted octanol–water partition coefficient (Wildman–Crippen LogP) is 0.661. The molecule has 1 aliphatic heterocycles. The Morgan fingerprint density at radius 1 is 1.47 bits per heavy atom. The first-order valence-corrected chi connectivity index (χ1v) is 6.34. The van der Waals surface area contributed by atoms with Gasteiger partial charge in [0.05, 0.1) is 13.2 Å². The van der Waals surface area contributed by atoms with E-state index in [2.05, 4.69) is 0 Å². The molecule has 0 fully saturated rings. The van der Waals surface area contributed by atoms with Gasteiger partial charge >= 0.3 is 7.12 Å². The number of carbonyl (C=O) groups is 1. The second-order valence-electron chi connectivity index (χ2n) is 4.47. The molecule has 102 valence electrons. The highest BCUT2D eigenvalue weighted by Crippen LogP contribution is 2.30. The Morgan fingerprint density at radius 3 is 2.95 bits per heavy atom. The molecule has 0 bridgehead atoms. The lowest BCUT2D eigenvalue weighted by atomic mass is 9.78. The summed E-state index contributed by atoms with van der Waals surface area (Å²) >= 11 is 0. The minimum Gasteiger partial charge on any atom is -0.490 e. The summed E-state index contributed by atoms with van der Waals surface area (Å²) in [6.45, 7) is 4.30. The van der Waals surface area contributed by atoms with Crippen LogP contribution >= 0.6 is 0 Å². The molecule has 1 aromatic carbocycles. The maximum absolute atomic E-state index is 11.0. The van der Waals surface area contributed by atoms with Crippen LogP contribution < -0.4 is 14.9 Å². The number of hydrogen-bond acceptors (Lipinski definition) is 5. The van der Waals surface area contributed by atoms with Crippen LogP contribution in [-0.2, 0) is 16.1 Å². The topological polar surface area (TPSA) is 65.0 Å². The highest BCUT2D eigenvalue weighted by molar-refractivity contribution is 6.62. The van der Waals surface area contributed by atoms with Crippen molar-refractivity contribution in [3.63, 3.8) is 0 Å². The summed E-state index contributed by atoms with van der Waals surface area (Å²) in [7, 11) is -0.997. The molecule has 2 rings (SSSR count). The fourth-order valence-corrected chi connectivity index (χ4v) is 1.92. The lowest BCUT2D eigenvalue weighted by Gasteiger charge is -2.15. The van der Waals surface area contributed by atoms with Crippen molar-refractivity contribution in [3.05, 3.63) is 17.7 Å². The average molecular weight is 264 g/mol. The number of fused-ring (bicyclic) bond motifs is 1. The Balaban J connectivity index is 2.31. The van der Waals surface area contributed by atoms with Crippen molar-refractivity contribution in [2.45, 2.75) is 26.9 Å². The molecule has 1 heterocycles. The Morgan fingerprint density at radius 2 is 2.26 bits per heavy atom. The van der Waals surface area contributed by atoms with E-state index in [1.54, 1.807) is 6.07 Å². The quantitative estimate of drug-likeness (QED) is 0.764. The summed E-state index contributed by atoms with van der Waals surface area (Å²) in [5.41, 5.74) is 1.49. The van der Waals surface area contributed by atoms with Gasteiger partial charge in [-0.2, -0.15) is 0 Å². The SMILES string of the molecule is CCCOc1c(OCC(C)=O)ccc2c1B(O)OC2. The van der Waals surface area contributed by atoms with E-state index in [0.717, 1.165) is 12.0 Å². The molecular formula is C13H17BO5. The van der Waals surface area contributed by atoms with E-state index in [1.165, 1.54) is 6.92 Å². The lowest BCUT2D eigenvalue weighted by Crippen LogP contribution is -2.30. The molecule has 1 aromatic rings. The van der Waals surface area contributed by atoms with Gasteiger partial charge in [0.15, 0.2) is 17.3 Å². The van der Waals surface area contributed by atoms with Crippen LogP contribution in [0.15, 0.2) is 12.1 Å². The third-order valence-electron chi connectivity index (χ3n) is 2.78. The van der Waals surface area contributed by atoms with Crippen LogP contribution in [0.2, 0.25) is 0 Å². The largest absolute Gasteiger partial charge is 0.495 e.